The molecule has 6 heavy (non-hydrogen) atoms. The van der Waals surface area contributed by atoms with E-state index in [4.69, 9.17) is 7.85 Å². The second-order valence-electron chi connectivity index (χ2n) is 0.710. The molecule has 0 aliphatic carbocycles. The number of oxazole rings is 1. The van der Waals surface area contributed by atoms with Crippen LogP contribution in [0.15, 0.2) is 16.8 Å². The summed E-state index contributed by atoms with van der Waals surface area (Å²) < 4.78 is 17.5. The number of aromatic hydroxyl groups is 1. The van der Waals surface area contributed by atoms with E-state index in [9.17, 15) is 0 Å². The SMILES string of the molecule is [2H]c1nc(O)oc1[2H]. The van der Waals surface area contributed by atoms with E-state index >= 15 is 0 Å². The Balaban J connectivity index is 3.14. The lowest BCUT2D eigenvalue weighted by molar-refractivity contribution is 0.316. The molecule has 3 nitrogen and oxygen atoms in total. The first-order valence-electron chi connectivity index (χ1n) is 2.33. The Morgan fingerprint density at radius 3 is 3.17 bits per heavy atom. The largest absolute Gasteiger partial charge is 0.466 e. The molecule has 0 fully saturated rings. The Hall–Kier alpha value is -0.990. The number of hydrogen-bond acceptors (Lipinski definition) is 3. The predicted octanol–water partition coefficient (Wildman–Crippen LogP) is 0.380. The average Bonchev–Trinajstić information content (AvgIpc) is 1.85. The molecule has 0 saturated carbocycles. The van der Waals surface area contributed by atoms with Crippen molar-refractivity contribution in [1.82, 2.24) is 4.98 Å². The van der Waals surface area contributed by atoms with Gasteiger partial charge in [-0.3, -0.25) is 0 Å². The van der Waals surface area contributed by atoms with Gasteiger partial charge in [0.1, 0.15) is 7.61 Å². The molecule has 0 atom stereocenters. The second-order valence-corrected chi connectivity index (χ2v) is 0.710. The van der Waals surface area contributed by atoms with Gasteiger partial charge in [-0.2, -0.15) is 4.98 Å². The quantitative estimate of drug-likeness (QED) is 0.497. The van der Waals surface area contributed by atoms with Gasteiger partial charge < -0.3 is 9.52 Å². The van der Waals surface area contributed by atoms with Crippen molar-refractivity contribution in [2.75, 3.05) is 0 Å². The summed E-state index contributed by atoms with van der Waals surface area (Å²) in [6, 6.07) is 0. The molecule has 0 aliphatic heterocycles. The molecular weight excluding hydrogens is 82.0 g/mol. The first-order chi connectivity index (χ1) is 3.70. The highest BCUT2D eigenvalue weighted by atomic mass is 16.5. The predicted molar refractivity (Wildman–Crippen MR) is 18.2 cm³/mol. The summed E-state index contributed by atoms with van der Waals surface area (Å²) in [5.41, 5.74) is 0. The summed E-state index contributed by atoms with van der Waals surface area (Å²) >= 11 is 0. The number of nitrogens with zero attached hydrogens (tertiary/aromatic N) is 1. The molecule has 0 saturated heterocycles. The van der Waals surface area contributed by atoms with Crippen LogP contribution in [0.2, 0.25) is 0 Å². The molecule has 1 rings (SSSR count). The molecule has 0 amide bonds. The van der Waals surface area contributed by atoms with Crippen molar-refractivity contribution in [2.24, 2.45) is 0 Å². The van der Waals surface area contributed by atoms with E-state index in [1.807, 2.05) is 0 Å². The molecule has 0 spiro atoms. The van der Waals surface area contributed by atoms with Crippen LogP contribution in [0.3, 0.4) is 0 Å². The minimum atomic E-state index is -0.625. The van der Waals surface area contributed by atoms with Crippen LogP contribution in [0.5, 0.6) is 6.08 Å². The van der Waals surface area contributed by atoms with Crippen LogP contribution in [0.1, 0.15) is 2.74 Å². The van der Waals surface area contributed by atoms with Crippen LogP contribution in [0.4, 0.5) is 0 Å². The zero-order chi connectivity index (χ0) is 6.15. The van der Waals surface area contributed by atoms with Crippen molar-refractivity contribution >= 4 is 0 Å². The van der Waals surface area contributed by atoms with Crippen LogP contribution >= 0.6 is 0 Å². The molecule has 0 radical (unpaired) electrons. The fourth-order valence-electron chi connectivity index (χ4n) is 0.162. The lowest BCUT2D eigenvalue weighted by Crippen LogP contribution is -1.51. The van der Waals surface area contributed by atoms with E-state index in [-0.39, 0.29) is 6.17 Å². The van der Waals surface area contributed by atoms with Gasteiger partial charge in [0.15, 0.2) is 0 Å². The van der Waals surface area contributed by atoms with Crippen molar-refractivity contribution < 1.29 is 12.3 Å². The fourth-order valence-corrected chi connectivity index (χ4v) is 0.162. The molecular formula is C3H3NO2. The molecule has 1 heterocycles. The first kappa shape index (κ1) is 1.64. The molecule has 3 heteroatoms. The van der Waals surface area contributed by atoms with Gasteiger partial charge in [-0.05, 0) is 0 Å². The van der Waals surface area contributed by atoms with Gasteiger partial charge in [-0.15, -0.1) is 0 Å². The number of hydrogen-bond donors (Lipinski definition) is 1. The number of rotatable bonds is 0. The van der Waals surface area contributed by atoms with Crippen LogP contribution < -0.4 is 0 Å². The van der Waals surface area contributed by atoms with Gasteiger partial charge in [0.2, 0.25) is 0 Å². The molecule has 1 N–H and O–H groups in total. The summed E-state index contributed by atoms with van der Waals surface area (Å²) in [7, 11) is 0. The Morgan fingerprint density at radius 1 is 2.17 bits per heavy atom. The van der Waals surface area contributed by atoms with Gasteiger partial charge in [-0.25, -0.2) is 0 Å². The third-order valence-corrected chi connectivity index (χ3v) is 0.340. The molecule has 0 bridgehead atoms. The highest BCUT2D eigenvalue weighted by Crippen LogP contribution is 1.97. The van der Waals surface area contributed by atoms with Gasteiger partial charge in [0, 0.05) is 0 Å². The van der Waals surface area contributed by atoms with E-state index in [0.717, 1.165) is 0 Å². The van der Waals surface area contributed by atoms with Crippen molar-refractivity contribution in [3.05, 3.63) is 12.4 Å². The molecule has 1 aromatic heterocycles. The van der Waals surface area contributed by atoms with Crippen molar-refractivity contribution in [3.8, 4) is 6.08 Å². The number of aromatic nitrogens is 1. The summed E-state index contributed by atoms with van der Waals surface area (Å²) in [6.07, 6.45) is -1.38. The average molecular weight is 87.1 g/mol. The maximum Gasteiger partial charge on any atom is 0.390 e. The third kappa shape index (κ3) is 0.337. The highest BCUT2D eigenvalue weighted by molar-refractivity contribution is 4.79. The van der Waals surface area contributed by atoms with Crippen LogP contribution in [-0.2, 0) is 0 Å². The van der Waals surface area contributed by atoms with Gasteiger partial charge in [0.25, 0.3) is 0 Å². The molecule has 0 unspecified atom stereocenters. The monoisotopic (exact) mass is 87.0 g/mol. The lowest BCUT2D eigenvalue weighted by Gasteiger charge is -1.67. The highest BCUT2D eigenvalue weighted by Gasteiger charge is 1.81. The van der Waals surface area contributed by atoms with Crippen LogP contribution in [-0.4, -0.2) is 10.1 Å². The van der Waals surface area contributed by atoms with E-state index in [1.54, 1.807) is 0 Å². The van der Waals surface area contributed by atoms with E-state index in [2.05, 4.69) is 9.40 Å². The minimum Gasteiger partial charge on any atom is -0.466 e. The van der Waals surface area contributed by atoms with E-state index < -0.39 is 12.3 Å². The maximum absolute atomic E-state index is 8.32. The second kappa shape index (κ2) is 1.01. The summed E-state index contributed by atoms with van der Waals surface area (Å²) in [6.45, 7) is 0. The van der Waals surface area contributed by atoms with Gasteiger partial charge in [-0.1, -0.05) is 0 Å². The zero-order valence-corrected chi connectivity index (χ0v) is 2.80. The molecule has 0 aliphatic rings. The summed E-state index contributed by atoms with van der Waals surface area (Å²) in [5.74, 6) is 0. The fraction of sp³-hybridized carbons (Fsp3) is 0. The standard InChI is InChI=1S/C3H3NO2/c5-3-4-1-2-6-3/h1-2H,(H,4,5)/i1D,2D. The summed E-state index contributed by atoms with van der Waals surface area (Å²) in [4.78, 5) is 3.08. The third-order valence-electron chi connectivity index (χ3n) is 0.340. The normalized spacial score (nSPS) is 13.3. The molecule has 0 aromatic carbocycles. The minimum absolute atomic E-state index is 0.345. The molecule has 1 aromatic rings. The Labute approximate surface area is 37.0 Å². The maximum atomic E-state index is 8.32. The summed E-state index contributed by atoms with van der Waals surface area (Å²) in [5, 5.41) is 8.32. The van der Waals surface area contributed by atoms with Crippen molar-refractivity contribution in [3.63, 3.8) is 0 Å². The topological polar surface area (TPSA) is 46.3 Å². The van der Waals surface area contributed by atoms with Crippen molar-refractivity contribution in [2.45, 2.75) is 0 Å². The van der Waals surface area contributed by atoms with Gasteiger partial charge >= 0.3 is 6.08 Å². The van der Waals surface area contributed by atoms with Crippen molar-refractivity contribution in [1.29, 1.82) is 0 Å². The zero-order valence-electron chi connectivity index (χ0n) is 4.80. The van der Waals surface area contributed by atoms with Crippen LogP contribution in [0.25, 0.3) is 0 Å². The first-order valence-corrected chi connectivity index (χ1v) is 1.33. The molecule has 32 valence electrons. The Kier molecular flexibility index (Phi) is 0.275. The van der Waals surface area contributed by atoms with Gasteiger partial charge in [0.05, 0.1) is 7.54 Å². The smallest absolute Gasteiger partial charge is 0.390 e. The van der Waals surface area contributed by atoms with E-state index in [0.29, 0.717) is 0 Å². The van der Waals surface area contributed by atoms with Crippen LogP contribution in [0, 0.1) is 0 Å². The van der Waals surface area contributed by atoms with E-state index in [1.165, 1.54) is 0 Å². The Morgan fingerprint density at radius 2 is 3.00 bits per heavy atom. The lowest BCUT2D eigenvalue weighted by atomic mass is 11.0. The Bertz CT molecular complexity index is 178.